The molecule has 3 aromatic rings. The standard InChI is InChI=1S/C41H57N8O20P3/c1-25(43)29-9-3-4-10-30(29)40(53)67-33-21-37(66-34(33)23-65-71(58,59)69-72(60,61)68-70(55,56)57)49-22-27(38(45)48-41(49)54)8-7-15-46-35(50)11-5-6-16-64-39(52)31-13-12-28(20-32(31)26(2)44)47-36(51)24-63-19-18-62-17-14-42/h3-4,9-10,12-13,20,22,25-26,33-34,37H,5-6,11,14-19,21,23-24,42-44H2,1-2H3,(H,46,50)(H,47,51)(H,58,59)(H,60,61)(H2,45,48,54)(H2,55,56,57)/t25?,26?,33-,34?,37-/m1/s1. The van der Waals surface area contributed by atoms with E-state index in [0.29, 0.717) is 49.4 Å². The van der Waals surface area contributed by atoms with Gasteiger partial charge < -0.3 is 76.8 Å². The first-order valence-corrected chi connectivity index (χ1v) is 26.3. The van der Waals surface area contributed by atoms with Gasteiger partial charge in [-0.1, -0.05) is 30.0 Å². The van der Waals surface area contributed by atoms with Crippen molar-refractivity contribution in [2.24, 2.45) is 17.2 Å². The van der Waals surface area contributed by atoms with E-state index in [4.69, 9.17) is 60.9 Å². The molecule has 1 fully saturated rings. The van der Waals surface area contributed by atoms with E-state index < -0.39 is 84.1 Å². The lowest BCUT2D eigenvalue weighted by Gasteiger charge is -2.21. The van der Waals surface area contributed by atoms with Crippen molar-refractivity contribution in [2.45, 2.75) is 70.1 Å². The van der Waals surface area contributed by atoms with Crippen molar-refractivity contribution in [1.82, 2.24) is 14.9 Å². The summed E-state index contributed by atoms with van der Waals surface area (Å²) in [6, 6.07) is 9.55. The van der Waals surface area contributed by atoms with Gasteiger partial charge >= 0.3 is 41.1 Å². The molecule has 28 nitrogen and oxygen atoms in total. The zero-order chi connectivity index (χ0) is 53.2. The van der Waals surface area contributed by atoms with Gasteiger partial charge in [0.05, 0.1) is 56.3 Å². The van der Waals surface area contributed by atoms with Crippen LogP contribution in [0, 0.1) is 11.8 Å². The minimum Gasteiger partial charge on any atom is -0.462 e. The highest BCUT2D eigenvalue weighted by Gasteiger charge is 2.44. The Morgan fingerprint density at radius 3 is 2.28 bits per heavy atom. The number of hydrogen-bond acceptors (Lipinski definition) is 21. The number of nitrogen functional groups attached to an aromatic ring is 1. The molecule has 0 saturated carbocycles. The molecule has 0 spiro atoms. The van der Waals surface area contributed by atoms with Crippen LogP contribution in [-0.2, 0) is 60.1 Å². The van der Waals surface area contributed by atoms with Crippen LogP contribution < -0.4 is 39.3 Å². The first-order valence-electron chi connectivity index (χ1n) is 21.7. The zero-order valence-corrected chi connectivity index (χ0v) is 41.5. The number of nitrogens with two attached hydrogens (primary N) is 4. The number of unbranched alkanes of at least 4 members (excludes halogenated alkanes) is 1. The second-order valence-electron chi connectivity index (χ2n) is 15.6. The maximum atomic E-state index is 13.4. The molecule has 396 valence electrons. The molecule has 2 aromatic carbocycles. The smallest absolute Gasteiger partial charge is 0.462 e. The summed E-state index contributed by atoms with van der Waals surface area (Å²) in [6.07, 6.45) is -2.73. The van der Waals surface area contributed by atoms with Gasteiger partial charge in [0.15, 0.2) is 0 Å². The molecule has 72 heavy (non-hydrogen) atoms. The average Bonchev–Trinajstić information content (AvgIpc) is 3.69. The van der Waals surface area contributed by atoms with Crippen LogP contribution in [0.2, 0.25) is 0 Å². The van der Waals surface area contributed by atoms with Crippen molar-refractivity contribution in [3.05, 3.63) is 87.0 Å². The van der Waals surface area contributed by atoms with Gasteiger partial charge in [-0.3, -0.25) is 18.7 Å². The largest absolute Gasteiger partial charge is 0.490 e. The molecule has 1 saturated heterocycles. The van der Waals surface area contributed by atoms with Gasteiger partial charge in [-0.2, -0.15) is 13.6 Å². The number of anilines is 2. The van der Waals surface area contributed by atoms with Crippen molar-refractivity contribution in [1.29, 1.82) is 0 Å². The third kappa shape index (κ3) is 19.6. The summed E-state index contributed by atoms with van der Waals surface area (Å²) in [5.41, 5.74) is 23.9. The number of phosphoric acid groups is 3. The Morgan fingerprint density at radius 1 is 0.889 bits per heavy atom. The summed E-state index contributed by atoms with van der Waals surface area (Å²) in [6.45, 7) is 3.09. The molecular formula is C41H57N8O20P3. The van der Waals surface area contributed by atoms with Crippen LogP contribution in [0.15, 0.2) is 53.5 Å². The molecule has 0 radical (unpaired) electrons. The fraction of sp³-hybridized carbons (Fsp3) is 0.463. The number of phosphoric ester groups is 1. The van der Waals surface area contributed by atoms with E-state index in [1.54, 1.807) is 32.0 Å². The van der Waals surface area contributed by atoms with Gasteiger partial charge in [-0.25, -0.2) is 28.1 Å². The Balaban J connectivity index is 1.33. The summed E-state index contributed by atoms with van der Waals surface area (Å²) in [5, 5.41) is 5.29. The lowest BCUT2D eigenvalue weighted by Crippen LogP contribution is -2.31. The Kier molecular flexibility index (Phi) is 22.8. The topological polar surface area (TPSA) is 437 Å². The predicted molar refractivity (Wildman–Crippen MR) is 252 cm³/mol. The number of nitrogens with one attached hydrogen (secondary N) is 2. The minimum atomic E-state index is -5.89. The predicted octanol–water partition coefficient (Wildman–Crippen LogP) is 1.15. The van der Waals surface area contributed by atoms with Crippen LogP contribution in [0.3, 0.4) is 0 Å². The zero-order valence-electron chi connectivity index (χ0n) is 38.9. The van der Waals surface area contributed by atoms with Gasteiger partial charge in [0.2, 0.25) is 11.8 Å². The number of amides is 2. The molecule has 0 aliphatic carbocycles. The van der Waals surface area contributed by atoms with Gasteiger partial charge in [0.25, 0.3) is 0 Å². The number of esters is 2. The molecule has 4 rings (SSSR count). The fourth-order valence-corrected chi connectivity index (χ4v) is 9.58. The molecule has 1 aliphatic rings. The number of hydrogen-bond donors (Lipinski definition) is 10. The molecule has 5 unspecified atom stereocenters. The molecule has 0 bridgehead atoms. The van der Waals surface area contributed by atoms with E-state index in [-0.39, 0.29) is 67.6 Å². The lowest BCUT2D eigenvalue weighted by atomic mass is 10.0. The summed E-state index contributed by atoms with van der Waals surface area (Å²) in [5.74, 6) is 2.69. The fourth-order valence-electron chi connectivity index (χ4n) is 6.55. The van der Waals surface area contributed by atoms with Gasteiger partial charge in [0, 0.05) is 43.4 Å². The van der Waals surface area contributed by atoms with Crippen LogP contribution in [0.4, 0.5) is 11.5 Å². The van der Waals surface area contributed by atoms with Crippen molar-refractivity contribution in [3.8, 4) is 11.8 Å². The van der Waals surface area contributed by atoms with Crippen LogP contribution in [0.5, 0.6) is 0 Å². The number of nitrogens with zero attached hydrogens (tertiary/aromatic N) is 2. The summed E-state index contributed by atoms with van der Waals surface area (Å²) >= 11 is 0. The van der Waals surface area contributed by atoms with E-state index in [1.807, 2.05) is 0 Å². The number of carbonyl (C=O) groups excluding carboxylic acids is 4. The highest BCUT2D eigenvalue weighted by molar-refractivity contribution is 7.66. The molecule has 14 N–H and O–H groups in total. The molecule has 2 amide bonds. The first kappa shape index (κ1) is 59.3. The van der Waals surface area contributed by atoms with Crippen molar-refractivity contribution in [2.75, 3.05) is 63.8 Å². The SMILES string of the molecule is CC(N)c1cc(NC(=O)COCCOCCN)ccc1C(=O)OCCCCC(=O)NCC#Cc1cn([C@H]2C[C@@H](OC(=O)c3ccccc3C(C)N)C(COP(=O)(O)OP(=O)(O)OP(=O)(O)O)O2)c(=O)nc1N. The second-order valence-corrected chi connectivity index (χ2v) is 20.0. The molecular weight excluding hydrogens is 1020 g/mol. The van der Waals surface area contributed by atoms with Crippen LogP contribution in [0.1, 0.15) is 95.2 Å². The van der Waals surface area contributed by atoms with Gasteiger partial charge in [0.1, 0.15) is 30.9 Å². The monoisotopic (exact) mass is 1070 g/mol. The average molecular weight is 1070 g/mol. The van der Waals surface area contributed by atoms with Crippen LogP contribution >= 0.6 is 23.5 Å². The maximum absolute atomic E-state index is 13.4. The molecule has 31 heteroatoms. The quantitative estimate of drug-likeness (QED) is 0.0221. The van der Waals surface area contributed by atoms with E-state index >= 15 is 0 Å². The van der Waals surface area contributed by atoms with Crippen molar-refractivity contribution in [3.63, 3.8) is 0 Å². The van der Waals surface area contributed by atoms with Crippen LogP contribution in [-0.4, -0.2) is 118 Å². The van der Waals surface area contributed by atoms with Crippen molar-refractivity contribution < 1.29 is 89.3 Å². The van der Waals surface area contributed by atoms with Gasteiger partial charge in [-0.05, 0) is 62.1 Å². The Labute approximate surface area is 411 Å². The van der Waals surface area contributed by atoms with E-state index in [0.717, 1.165) is 10.8 Å². The summed E-state index contributed by atoms with van der Waals surface area (Å²) in [4.78, 5) is 105. The number of aromatic nitrogens is 2. The third-order valence-electron chi connectivity index (χ3n) is 9.76. The lowest BCUT2D eigenvalue weighted by molar-refractivity contribution is -0.121. The van der Waals surface area contributed by atoms with E-state index in [2.05, 4.69) is 36.1 Å². The number of rotatable bonds is 27. The number of carbonyl (C=O) groups is 4. The number of ether oxygens (including phenoxy) is 5. The maximum Gasteiger partial charge on any atom is 0.490 e. The highest BCUT2D eigenvalue weighted by atomic mass is 31.3. The number of benzene rings is 2. The molecule has 2 heterocycles. The molecule has 1 aromatic heterocycles. The third-order valence-corrected chi connectivity index (χ3v) is 13.6. The Morgan fingerprint density at radius 2 is 1.58 bits per heavy atom. The van der Waals surface area contributed by atoms with Crippen LogP contribution in [0.25, 0.3) is 0 Å². The first-order chi connectivity index (χ1) is 33.9. The summed E-state index contributed by atoms with van der Waals surface area (Å²) < 4.78 is 76.1. The minimum absolute atomic E-state index is 0.0113. The molecule has 7 atom stereocenters. The second kappa shape index (κ2) is 27.7. The van der Waals surface area contributed by atoms with E-state index in [9.17, 15) is 47.5 Å². The Bertz CT molecular complexity index is 2660. The normalized spacial score (nSPS) is 18.1. The highest BCUT2D eigenvalue weighted by Crippen LogP contribution is 2.66. The van der Waals surface area contributed by atoms with E-state index in [1.165, 1.54) is 24.3 Å². The Hall–Kier alpha value is -5.27. The van der Waals surface area contributed by atoms with Crippen molar-refractivity contribution >= 4 is 58.7 Å². The van der Waals surface area contributed by atoms with Gasteiger partial charge in [-0.15, -0.1) is 0 Å². The summed E-state index contributed by atoms with van der Waals surface area (Å²) in [7, 11) is -17.3. The molecule has 1 aliphatic heterocycles.